The molecule has 0 radical (unpaired) electrons. The second kappa shape index (κ2) is 5.09. The summed E-state index contributed by atoms with van der Waals surface area (Å²) in [6.45, 7) is 4.24. The van der Waals surface area contributed by atoms with Gasteiger partial charge in [0.05, 0.1) is 0 Å². The van der Waals surface area contributed by atoms with Crippen molar-refractivity contribution in [1.29, 1.82) is 0 Å². The van der Waals surface area contributed by atoms with Crippen molar-refractivity contribution in [3.8, 4) is 0 Å². The summed E-state index contributed by atoms with van der Waals surface area (Å²) >= 11 is 0. The van der Waals surface area contributed by atoms with Crippen molar-refractivity contribution >= 4 is 11.7 Å². The highest BCUT2D eigenvalue weighted by molar-refractivity contribution is 5.92. The van der Waals surface area contributed by atoms with Crippen molar-refractivity contribution < 1.29 is 9.90 Å². The largest absolute Gasteiger partial charge is 0.396 e. The zero-order valence-electron chi connectivity index (χ0n) is 9.76. The zero-order chi connectivity index (χ0) is 12.3. The quantitative estimate of drug-likeness (QED) is 0.747. The van der Waals surface area contributed by atoms with Crippen molar-refractivity contribution in [2.45, 2.75) is 6.92 Å². The maximum Gasteiger partial charge on any atom is 0.271 e. The predicted octanol–water partition coefficient (Wildman–Crippen LogP) is -0.345. The van der Waals surface area contributed by atoms with E-state index in [9.17, 15) is 4.79 Å². The molecule has 1 aliphatic heterocycles. The third-order valence-corrected chi connectivity index (χ3v) is 2.76. The average Bonchev–Trinajstić information content (AvgIpc) is 2.29. The number of aromatic nitrogens is 2. The Balaban J connectivity index is 1.97. The Bertz CT molecular complexity index is 387. The Hall–Kier alpha value is -1.69. The van der Waals surface area contributed by atoms with Crippen molar-refractivity contribution in [2.75, 3.05) is 31.1 Å². The van der Waals surface area contributed by atoms with Crippen LogP contribution in [0.3, 0.4) is 0 Å². The van der Waals surface area contributed by atoms with Crippen molar-refractivity contribution in [2.24, 2.45) is 5.92 Å². The summed E-state index contributed by atoms with van der Waals surface area (Å²) in [5.41, 5.74) is 0.329. The van der Waals surface area contributed by atoms with Gasteiger partial charge in [-0.25, -0.2) is 0 Å². The Morgan fingerprint density at radius 3 is 2.82 bits per heavy atom. The second-order valence-electron chi connectivity index (χ2n) is 4.09. The molecule has 0 aromatic carbocycles. The Morgan fingerprint density at radius 1 is 1.53 bits per heavy atom. The van der Waals surface area contributed by atoms with Crippen molar-refractivity contribution in [1.82, 2.24) is 15.5 Å². The highest BCUT2D eigenvalue weighted by atomic mass is 16.3. The van der Waals surface area contributed by atoms with Gasteiger partial charge in [-0.3, -0.25) is 4.79 Å². The van der Waals surface area contributed by atoms with Crippen LogP contribution < -0.4 is 10.2 Å². The van der Waals surface area contributed by atoms with Gasteiger partial charge in [-0.1, -0.05) is 0 Å². The van der Waals surface area contributed by atoms with Gasteiger partial charge in [0, 0.05) is 32.2 Å². The van der Waals surface area contributed by atoms with Gasteiger partial charge in [0.15, 0.2) is 11.5 Å². The molecule has 0 bridgehead atoms. The fraction of sp³-hybridized carbons (Fsp3) is 0.545. The number of nitrogens with one attached hydrogen (secondary N) is 1. The third-order valence-electron chi connectivity index (χ3n) is 2.76. The molecule has 17 heavy (non-hydrogen) atoms. The first-order valence-electron chi connectivity index (χ1n) is 5.72. The van der Waals surface area contributed by atoms with Crippen LogP contribution in [-0.4, -0.2) is 47.5 Å². The summed E-state index contributed by atoms with van der Waals surface area (Å²) in [4.78, 5) is 13.5. The molecule has 1 aromatic heterocycles. The molecule has 0 saturated carbocycles. The highest BCUT2D eigenvalue weighted by Crippen LogP contribution is 2.21. The lowest BCUT2D eigenvalue weighted by Crippen LogP contribution is -2.48. The van der Waals surface area contributed by atoms with Crippen LogP contribution in [0.15, 0.2) is 12.1 Å². The number of nitrogens with zero attached hydrogens (tertiary/aromatic N) is 3. The maximum absolute atomic E-state index is 11.4. The summed E-state index contributed by atoms with van der Waals surface area (Å²) in [6, 6.07) is 3.45. The third kappa shape index (κ3) is 2.52. The van der Waals surface area contributed by atoms with Crippen molar-refractivity contribution in [3.63, 3.8) is 0 Å². The lowest BCUT2D eigenvalue weighted by Gasteiger charge is -2.38. The number of hydrogen-bond donors (Lipinski definition) is 2. The Morgan fingerprint density at radius 2 is 2.29 bits per heavy atom. The van der Waals surface area contributed by atoms with E-state index in [0.717, 1.165) is 18.9 Å². The van der Waals surface area contributed by atoms with Crippen LogP contribution in [0.4, 0.5) is 5.82 Å². The molecule has 0 unspecified atom stereocenters. The van der Waals surface area contributed by atoms with E-state index in [2.05, 4.69) is 15.5 Å². The van der Waals surface area contributed by atoms with E-state index in [0.29, 0.717) is 18.2 Å². The van der Waals surface area contributed by atoms with Gasteiger partial charge in [0.25, 0.3) is 5.91 Å². The van der Waals surface area contributed by atoms with Gasteiger partial charge in [-0.05, 0) is 19.1 Å². The first-order valence-corrected chi connectivity index (χ1v) is 5.72. The number of carbonyl (C=O) groups excluding carboxylic acids is 1. The molecule has 2 N–H and O–H groups in total. The molecule has 0 spiro atoms. The molecular weight excluding hydrogens is 220 g/mol. The van der Waals surface area contributed by atoms with Crippen LogP contribution >= 0.6 is 0 Å². The first-order chi connectivity index (χ1) is 8.24. The summed E-state index contributed by atoms with van der Waals surface area (Å²) in [7, 11) is 0. The van der Waals surface area contributed by atoms with Crippen LogP contribution in [0.5, 0.6) is 0 Å². The minimum atomic E-state index is -0.205. The number of anilines is 1. The normalized spacial score (nSPS) is 15.5. The van der Waals surface area contributed by atoms with Crippen LogP contribution in [0.25, 0.3) is 0 Å². The van der Waals surface area contributed by atoms with Gasteiger partial charge >= 0.3 is 0 Å². The standard InChI is InChI=1S/C11H16N4O2/c1-2-12-11(17)9-3-4-10(14-13-9)15-5-8(6-15)7-16/h3-4,8,16H,2,5-7H2,1H3,(H,12,17). The van der Waals surface area contributed by atoms with Crippen molar-refractivity contribution in [3.05, 3.63) is 17.8 Å². The lowest BCUT2D eigenvalue weighted by molar-refractivity contribution is 0.0950. The molecule has 92 valence electrons. The number of aliphatic hydroxyl groups is 1. The highest BCUT2D eigenvalue weighted by Gasteiger charge is 2.27. The smallest absolute Gasteiger partial charge is 0.271 e. The second-order valence-corrected chi connectivity index (χ2v) is 4.09. The topological polar surface area (TPSA) is 78.4 Å². The molecule has 6 nitrogen and oxygen atoms in total. The van der Waals surface area contributed by atoms with E-state index in [-0.39, 0.29) is 12.5 Å². The fourth-order valence-electron chi connectivity index (χ4n) is 1.74. The van der Waals surface area contributed by atoms with E-state index in [4.69, 9.17) is 5.11 Å². The van der Waals surface area contributed by atoms with Gasteiger partial charge in [0.1, 0.15) is 0 Å². The van der Waals surface area contributed by atoms with Crippen LogP contribution in [0.2, 0.25) is 0 Å². The summed E-state index contributed by atoms with van der Waals surface area (Å²) in [6.07, 6.45) is 0. The summed E-state index contributed by atoms with van der Waals surface area (Å²) in [5, 5.41) is 19.5. The van der Waals surface area contributed by atoms with Crippen LogP contribution in [0, 0.1) is 5.92 Å². The number of amides is 1. The van der Waals surface area contributed by atoms with E-state index in [1.807, 2.05) is 11.8 Å². The van der Waals surface area contributed by atoms with Gasteiger partial charge in [0.2, 0.25) is 0 Å². The van der Waals surface area contributed by atoms with Gasteiger partial charge < -0.3 is 15.3 Å². The fourth-order valence-corrected chi connectivity index (χ4v) is 1.74. The maximum atomic E-state index is 11.4. The molecule has 1 saturated heterocycles. The molecule has 6 heteroatoms. The number of carbonyl (C=O) groups is 1. The molecule has 1 fully saturated rings. The first kappa shape index (κ1) is 11.8. The van der Waals surface area contributed by atoms with Crippen LogP contribution in [0.1, 0.15) is 17.4 Å². The van der Waals surface area contributed by atoms with E-state index < -0.39 is 0 Å². The van der Waals surface area contributed by atoms with E-state index >= 15 is 0 Å². The molecule has 2 heterocycles. The predicted molar refractivity (Wildman–Crippen MR) is 62.8 cm³/mol. The zero-order valence-corrected chi connectivity index (χ0v) is 9.76. The summed E-state index contributed by atoms with van der Waals surface area (Å²) in [5.74, 6) is 0.881. The molecule has 1 amide bonds. The van der Waals surface area contributed by atoms with Gasteiger partial charge in [-0.15, -0.1) is 10.2 Å². The minimum Gasteiger partial charge on any atom is -0.396 e. The molecular formula is C11H16N4O2. The van der Waals surface area contributed by atoms with Crippen LogP contribution in [-0.2, 0) is 0 Å². The molecule has 1 aliphatic rings. The SMILES string of the molecule is CCNC(=O)c1ccc(N2CC(CO)C2)nn1. The number of rotatable bonds is 4. The monoisotopic (exact) mass is 236 g/mol. The minimum absolute atomic E-state index is 0.205. The molecule has 2 rings (SSSR count). The Labute approximate surface area is 99.7 Å². The Kier molecular flexibility index (Phi) is 3.53. The molecule has 0 aliphatic carbocycles. The number of aliphatic hydroxyl groups excluding tert-OH is 1. The number of hydrogen-bond acceptors (Lipinski definition) is 5. The average molecular weight is 236 g/mol. The lowest BCUT2D eigenvalue weighted by atomic mass is 10.0. The van der Waals surface area contributed by atoms with Gasteiger partial charge in [-0.2, -0.15) is 0 Å². The molecule has 1 aromatic rings. The van der Waals surface area contributed by atoms with E-state index in [1.165, 1.54) is 0 Å². The summed E-state index contributed by atoms with van der Waals surface area (Å²) < 4.78 is 0. The van der Waals surface area contributed by atoms with E-state index in [1.54, 1.807) is 12.1 Å². The molecule has 0 atom stereocenters.